The number of nitrogen functional groups attached to an aromatic ring is 1. The van der Waals surface area contributed by atoms with Crippen molar-refractivity contribution in [1.82, 2.24) is 5.32 Å². The average Bonchev–Trinajstić information content (AvgIpc) is 2.76. The van der Waals surface area contributed by atoms with Gasteiger partial charge in [-0.25, -0.2) is 4.39 Å². The highest BCUT2D eigenvalue weighted by Crippen LogP contribution is 2.34. The number of rotatable bonds is 6. The van der Waals surface area contributed by atoms with E-state index in [0.29, 0.717) is 16.0 Å². The van der Waals surface area contributed by atoms with E-state index in [0.717, 1.165) is 22.6 Å². The Kier molecular flexibility index (Phi) is 5.47. The smallest absolute Gasteiger partial charge is 0.263 e. The third-order valence-corrected chi connectivity index (χ3v) is 5.29. The van der Waals surface area contributed by atoms with Gasteiger partial charge in [-0.3, -0.25) is 4.79 Å². The molecule has 0 radical (unpaired) electrons. The lowest BCUT2D eigenvalue weighted by molar-refractivity contribution is 0.0944. The molecule has 21 heavy (non-hydrogen) atoms. The van der Waals surface area contributed by atoms with Gasteiger partial charge in [0.05, 0.1) is 5.69 Å². The molecule has 2 aromatic rings. The van der Waals surface area contributed by atoms with Crippen LogP contribution in [0.15, 0.2) is 18.2 Å². The van der Waals surface area contributed by atoms with Gasteiger partial charge in [0.1, 0.15) is 10.7 Å². The Labute approximate surface area is 132 Å². The molecule has 114 valence electrons. The average molecular weight is 326 g/mol. The van der Waals surface area contributed by atoms with E-state index in [4.69, 9.17) is 5.73 Å². The molecule has 0 aliphatic heterocycles. The van der Waals surface area contributed by atoms with Gasteiger partial charge in [-0.15, -0.1) is 11.3 Å². The van der Waals surface area contributed by atoms with Gasteiger partial charge in [-0.05, 0) is 43.0 Å². The lowest BCUT2D eigenvalue weighted by atomic mass is 10.2. The quantitative estimate of drug-likeness (QED) is 0.792. The second kappa shape index (κ2) is 7.13. The summed E-state index contributed by atoms with van der Waals surface area (Å²) in [6, 6.07) is 4.51. The van der Waals surface area contributed by atoms with E-state index in [1.54, 1.807) is 6.07 Å². The zero-order valence-electron chi connectivity index (χ0n) is 12.1. The maximum atomic E-state index is 13.3. The number of halogens is 1. The number of hydrogen-bond donors (Lipinski definition) is 2. The van der Waals surface area contributed by atoms with Crippen LogP contribution in [0.4, 0.5) is 10.1 Å². The van der Waals surface area contributed by atoms with E-state index < -0.39 is 0 Å². The lowest BCUT2D eigenvalue weighted by Crippen LogP contribution is -2.32. The van der Waals surface area contributed by atoms with Crippen LogP contribution in [0.25, 0.3) is 10.1 Å². The van der Waals surface area contributed by atoms with Crippen LogP contribution in [0.2, 0.25) is 0 Å². The molecule has 3 nitrogen and oxygen atoms in total. The molecule has 0 aliphatic carbocycles. The van der Waals surface area contributed by atoms with E-state index in [-0.39, 0.29) is 17.8 Å². The first-order chi connectivity index (χ1) is 10.0. The summed E-state index contributed by atoms with van der Waals surface area (Å²) in [4.78, 5) is 12.7. The van der Waals surface area contributed by atoms with Crippen LogP contribution >= 0.6 is 23.1 Å². The highest BCUT2D eigenvalue weighted by Gasteiger charge is 2.18. The van der Waals surface area contributed by atoms with Crippen molar-refractivity contribution in [3.63, 3.8) is 0 Å². The standard InChI is InChI=1S/C15H19FN2OS2/c1-3-20-7-6-9(2)18-15(19)14-13(17)11-8-10(16)4-5-12(11)21-14/h4-5,8-9H,3,6-7,17H2,1-2H3,(H,18,19). The van der Waals surface area contributed by atoms with Crippen molar-refractivity contribution in [2.45, 2.75) is 26.3 Å². The Hall–Kier alpha value is -1.27. The van der Waals surface area contributed by atoms with Gasteiger partial charge in [-0.2, -0.15) is 11.8 Å². The molecule has 1 aromatic carbocycles. The number of thioether (sulfide) groups is 1. The molecule has 0 spiro atoms. The number of carbonyl (C=O) groups excluding carboxylic acids is 1. The Morgan fingerprint density at radius 3 is 3.00 bits per heavy atom. The van der Waals surface area contributed by atoms with Crippen LogP contribution in [0, 0.1) is 5.82 Å². The molecule has 2 rings (SSSR count). The maximum Gasteiger partial charge on any atom is 0.263 e. The van der Waals surface area contributed by atoms with Gasteiger partial charge in [0.25, 0.3) is 5.91 Å². The zero-order valence-corrected chi connectivity index (χ0v) is 13.7. The zero-order chi connectivity index (χ0) is 15.4. The Morgan fingerprint density at radius 1 is 1.52 bits per heavy atom. The van der Waals surface area contributed by atoms with Crippen molar-refractivity contribution in [2.75, 3.05) is 17.2 Å². The summed E-state index contributed by atoms with van der Waals surface area (Å²) < 4.78 is 14.1. The van der Waals surface area contributed by atoms with Gasteiger partial charge in [0, 0.05) is 16.1 Å². The molecular weight excluding hydrogens is 307 g/mol. The molecular formula is C15H19FN2OS2. The first-order valence-electron chi connectivity index (χ1n) is 6.89. The Balaban J connectivity index is 2.10. The maximum absolute atomic E-state index is 13.3. The number of anilines is 1. The SMILES string of the molecule is CCSCCC(C)NC(=O)c1sc2ccc(F)cc2c1N. The summed E-state index contributed by atoms with van der Waals surface area (Å²) in [5.74, 6) is 1.58. The third kappa shape index (κ3) is 3.89. The molecule has 1 amide bonds. The summed E-state index contributed by atoms with van der Waals surface area (Å²) >= 11 is 3.15. The fourth-order valence-corrected chi connectivity index (χ4v) is 3.84. The Morgan fingerprint density at radius 2 is 2.29 bits per heavy atom. The van der Waals surface area contributed by atoms with E-state index in [2.05, 4.69) is 12.2 Å². The molecule has 1 unspecified atom stereocenters. The number of fused-ring (bicyclic) bond motifs is 1. The van der Waals surface area contributed by atoms with Crippen molar-refractivity contribution in [1.29, 1.82) is 0 Å². The number of hydrogen-bond acceptors (Lipinski definition) is 4. The molecule has 0 aliphatic rings. The van der Waals surface area contributed by atoms with Crippen LogP contribution < -0.4 is 11.1 Å². The van der Waals surface area contributed by atoms with Crippen molar-refractivity contribution in [2.24, 2.45) is 0 Å². The summed E-state index contributed by atoms with van der Waals surface area (Å²) in [6.45, 7) is 4.10. The van der Waals surface area contributed by atoms with E-state index in [9.17, 15) is 9.18 Å². The third-order valence-electron chi connectivity index (χ3n) is 3.17. The van der Waals surface area contributed by atoms with Crippen molar-refractivity contribution in [3.8, 4) is 0 Å². The highest BCUT2D eigenvalue weighted by atomic mass is 32.2. The van der Waals surface area contributed by atoms with Crippen molar-refractivity contribution in [3.05, 3.63) is 28.9 Å². The van der Waals surface area contributed by atoms with Gasteiger partial charge < -0.3 is 11.1 Å². The van der Waals surface area contributed by atoms with E-state index in [1.165, 1.54) is 23.5 Å². The van der Waals surface area contributed by atoms with Crippen LogP contribution in [0.1, 0.15) is 29.9 Å². The second-order valence-corrected chi connectivity index (χ2v) is 7.29. The molecule has 1 heterocycles. The molecule has 1 atom stereocenters. The normalized spacial score (nSPS) is 12.5. The van der Waals surface area contributed by atoms with Crippen LogP contribution in [-0.4, -0.2) is 23.5 Å². The van der Waals surface area contributed by atoms with Gasteiger partial charge >= 0.3 is 0 Å². The number of carbonyl (C=O) groups is 1. The number of nitrogens with two attached hydrogens (primary N) is 1. The van der Waals surface area contributed by atoms with Crippen molar-refractivity contribution >= 4 is 44.8 Å². The molecule has 0 saturated carbocycles. The van der Waals surface area contributed by atoms with Crippen LogP contribution in [0.3, 0.4) is 0 Å². The molecule has 6 heteroatoms. The predicted molar refractivity (Wildman–Crippen MR) is 90.7 cm³/mol. The first-order valence-corrected chi connectivity index (χ1v) is 8.86. The molecule has 3 N–H and O–H groups in total. The van der Waals surface area contributed by atoms with E-state index >= 15 is 0 Å². The summed E-state index contributed by atoms with van der Waals surface area (Å²) in [6.07, 6.45) is 0.920. The first kappa shape index (κ1) is 16.1. The minimum absolute atomic E-state index is 0.0953. The lowest BCUT2D eigenvalue weighted by Gasteiger charge is -2.12. The molecule has 1 aromatic heterocycles. The molecule has 0 saturated heterocycles. The predicted octanol–water partition coefficient (Wildman–Crippen LogP) is 3.88. The monoisotopic (exact) mass is 326 g/mol. The fourth-order valence-electron chi connectivity index (χ4n) is 2.02. The minimum atomic E-state index is -0.344. The molecule has 0 bridgehead atoms. The summed E-state index contributed by atoms with van der Waals surface area (Å²) in [5, 5.41) is 3.57. The largest absolute Gasteiger partial charge is 0.397 e. The highest BCUT2D eigenvalue weighted by molar-refractivity contribution is 7.99. The number of benzene rings is 1. The van der Waals surface area contributed by atoms with Gasteiger partial charge in [-0.1, -0.05) is 6.92 Å². The van der Waals surface area contributed by atoms with E-state index in [1.807, 2.05) is 18.7 Å². The van der Waals surface area contributed by atoms with Crippen LogP contribution in [0.5, 0.6) is 0 Å². The topological polar surface area (TPSA) is 55.1 Å². The van der Waals surface area contributed by atoms with Gasteiger partial charge in [0.2, 0.25) is 0 Å². The van der Waals surface area contributed by atoms with Crippen molar-refractivity contribution < 1.29 is 9.18 Å². The number of amides is 1. The number of thiophene rings is 1. The summed E-state index contributed by atoms with van der Waals surface area (Å²) in [5.41, 5.74) is 6.35. The minimum Gasteiger partial charge on any atom is -0.397 e. The summed E-state index contributed by atoms with van der Waals surface area (Å²) in [7, 11) is 0. The number of nitrogens with one attached hydrogen (secondary N) is 1. The molecule has 0 fully saturated rings. The van der Waals surface area contributed by atoms with Crippen LogP contribution in [-0.2, 0) is 0 Å². The fraction of sp³-hybridized carbons (Fsp3) is 0.400. The van der Waals surface area contributed by atoms with Gasteiger partial charge in [0.15, 0.2) is 0 Å². The Bertz CT molecular complexity index is 642. The second-order valence-electron chi connectivity index (χ2n) is 4.85.